The van der Waals surface area contributed by atoms with Gasteiger partial charge in [0, 0.05) is 37.6 Å². The smallest absolute Gasteiger partial charge is 0.410 e. The predicted octanol–water partition coefficient (Wildman–Crippen LogP) is 1.71. The van der Waals surface area contributed by atoms with Crippen LogP contribution >= 0.6 is 11.3 Å². The number of amides is 2. The van der Waals surface area contributed by atoms with Crippen LogP contribution in [0.15, 0.2) is 28.6 Å². The minimum absolute atomic E-state index is 0.143. The lowest BCUT2D eigenvalue weighted by atomic mass is 9.97. The van der Waals surface area contributed by atoms with Crippen LogP contribution in [0.5, 0.6) is 0 Å². The van der Waals surface area contributed by atoms with E-state index in [-0.39, 0.29) is 17.6 Å². The van der Waals surface area contributed by atoms with Crippen molar-refractivity contribution in [2.24, 2.45) is 11.7 Å². The van der Waals surface area contributed by atoms with Crippen LogP contribution < -0.4 is 11.1 Å². The molecule has 2 amide bonds. The highest BCUT2D eigenvalue weighted by Crippen LogP contribution is 2.18. The van der Waals surface area contributed by atoms with Crippen molar-refractivity contribution in [2.45, 2.75) is 19.4 Å². The molecule has 4 N–H and O–H groups in total. The lowest BCUT2D eigenvalue weighted by Gasteiger charge is -2.31. The molecular weight excluding hydrogens is 328 g/mol. The molecule has 0 atom stereocenters. The summed E-state index contributed by atoms with van der Waals surface area (Å²) in [5, 5.41) is 13.8. The Morgan fingerprint density at radius 3 is 2.79 bits per heavy atom. The minimum Gasteiger partial charge on any atom is -0.445 e. The summed E-state index contributed by atoms with van der Waals surface area (Å²) in [7, 11) is 0. The molecule has 0 saturated carbocycles. The van der Waals surface area contributed by atoms with Gasteiger partial charge in [-0.3, -0.25) is 4.79 Å². The van der Waals surface area contributed by atoms with Gasteiger partial charge in [-0.05, 0) is 35.6 Å². The van der Waals surface area contributed by atoms with E-state index < -0.39 is 0 Å². The summed E-state index contributed by atoms with van der Waals surface area (Å²) in [6, 6.07) is 1.94. The first-order valence-electron chi connectivity index (χ1n) is 7.77. The van der Waals surface area contributed by atoms with Gasteiger partial charge in [0.1, 0.15) is 6.61 Å². The molecule has 0 spiro atoms. The van der Waals surface area contributed by atoms with E-state index >= 15 is 0 Å². The van der Waals surface area contributed by atoms with E-state index in [9.17, 15) is 9.59 Å². The van der Waals surface area contributed by atoms with Crippen LogP contribution in [0.4, 0.5) is 4.79 Å². The number of ether oxygens (including phenoxy) is 1. The number of hydrogen-bond acceptors (Lipinski definition) is 6. The van der Waals surface area contributed by atoms with Crippen molar-refractivity contribution < 1.29 is 14.3 Å². The van der Waals surface area contributed by atoms with Gasteiger partial charge in [-0.2, -0.15) is 11.3 Å². The maximum absolute atomic E-state index is 12.0. The zero-order valence-electron chi connectivity index (χ0n) is 13.4. The first-order chi connectivity index (χ1) is 11.6. The zero-order valence-corrected chi connectivity index (χ0v) is 14.2. The molecule has 1 saturated heterocycles. The molecule has 1 aromatic rings. The number of carbonyl (C=O) groups is 2. The standard InChI is InChI=1S/C16H22N4O3S/c17-7-14(8-18)15(21)19-9-12-1-4-20(5-2-12)16(22)23-10-13-3-6-24-11-13/h3,6-8,11-12,17H,1-2,4-5,9-10,18H2,(H,19,21)/b14-8+,17-7?. The zero-order chi connectivity index (χ0) is 17.4. The highest BCUT2D eigenvalue weighted by Gasteiger charge is 2.24. The Bertz CT molecular complexity index is 592. The van der Waals surface area contributed by atoms with E-state index in [0.717, 1.165) is 30.8 Å². The van der Waals surface area contributed by atoms with Gasteiger partial charge in [0.25, 0.3) is 5.91 Å². The summed E-state index contributed by atoms with van der Waals surface area (Å²) >= 11 is 1.57. The summed E-state index contributed by atoms with van der Waals surface area (Å²) in [6.07, 6.45) is 3.37. The fourth-order valence-corrected chi connectivity index (χ4v) is 3.11. The SMILES string of the molecule is N=C/C(=C\N)C(=O)NCC1CCN(C(=O)OCc2ccsc2)CC1. The van der Waals surface area contributed by atoms with E-state index in [1.54, 1.807) is 16.2 Å². The molecule has 2 rings (SSSR count). The van der Waals surface area contributed by atoms with E-state index in [1.165, 1.54) is 0 Å². The number of hydrogen-bond donors (Lipinski definition) is 3. The van der Waals surface area contributed by atoms with E-state index in [4.69, 9.17) is 15.9 Å². The van der Waals surface area contributed by atoms with Crippen LogP contribution in [0.2, 0.25) is 0 Å². The fourth-order valence-electron chi connectivity index (χ4n) is 2.46. The average Bonchev–Trinajstić information content (AvgIpc) is 3.13. The van der Waals surface area contributed by atoms with Crippen molar-refractivity contribution in [1.29, 1.82) is 5.41 Å². The molecule has 0 aromatic carbocycles. The predicted molar refractivity (Wildman–Crippen MR) is 92.9 cm³/mol. The third-order valence-electron chi connectivity index (χ3n) is 3.96. The highest BCUT2D eigenvalue weighted by molar-refractivity contribution is 7.07. The van der Waals surface area contributed by atoms with Gasteiger partial charge < -0.3 is 26.1 Å². The van der Waals surface area contributed by atoms with E-state index in [2.05, 4.69) is 5.32 Å². The van der Waals surface area contributed by atoms with E-state index in [0.29, 0.717) is 32.2 Å². The molecule has 1 aliphatic rings. The Kier molecular flexibility index (Phi) is 6.80. The van der Waals surface area contributed by atoms with Gasteiger partial charge in [0.15, 0.2) is 0 Å². The lowest BCUT2D eigenvalue weighted by molar-refractivity contribution is -0.117. The number of nitrogens with one attached hydrogen (secondary N) is 2. The van der Waals surface area contributed by atoms with Crippen molar-refractivity contribution in [3.05, 3.63) is 34.2 Å². The number of nitrogens with zero attached hydrogens (tertiary/aromatic N) is 1. The largest absolute Gasteiger partial charge is 0.445 e. The van der Waals surface area contributed by atoms with Crippen LogP contribution in [0.1, 0.15) is 18.4 Å². The molecule has 24 heavy (non-hydrogen) atoms. The lowest BCUT2D eigenvalue weighted by Crippen LogP contribution is -2.42. The van der Waals surface area contributed by atoms with Crippen LogP contribution in [0, 0.1) is 11.3 Å². The molecule has 7 nitrogen and oxygen atoms in total. The van der Waals surface area contributed by atoms with Gasteiger partial charge in [-0.15, -0.1) is 0 Å². The second-order valence-electron chi connectivity index (χ2n) is 5.59. The van der Waals surface area contributed by atoms with Crippen LogP contribution in [0.3, 0.4) is 0 Å². The molecule has 130 valence electrons. The fraction of sp³-hybridized carbons (Fsp3) is 0.438. The van der Waals surface area contributed by atoms with Crippen molar-refractivity contribution in [1.82, 2.24) is 10.2 Å². The van der Waals surface area contributed by atoms with Gasteiger partial charge in [0.05, 0.1) is 5.57 Å². The maximum atomic E-state index is 12.0. The molecule has 0 radical (unpaired) electrons. The quantitative estimate of drug-likeness (QED) is 0.536. The summed E-state index contributed by atoms with van der Waals surface area (Å²) < 4.78 is 5.30. The summed E-state index contributed by atoms with van der Waals surface area (Å²) in [5.41, 5.74) is 6.42. The summed E-state index contributed by atoms with van der Waals surface area (Å²) in [4.78, 5) is 25.4. The molecule has 1 aliphatic heterocycles. The topological polar surface area (TPSA) is 109 Å². The van der Waals surface area contributed by atoms with Crippen LogP contribution in [-0.4, -0.2) is 42.7 Å². The third-order valence-corrected chi connectivity index (χ3v) is 4.70. The van der Waals surface area contributed by atoms with Crippen molar-refractivity contribution in [3.63, 3.8) is 0 Å². The van der Waals surface area contributed by atoms with Gasteiger partial charge in [-0.1, -0.05) is 0 Å². The van der Waals surface area contributed by atoms with Gasteiger partial charge >= 0.3 is 6.09 Å². The summed E-state index contributed by atoms with van der Waals surface area (Å²) in [6.45, 7) is 2.05. The first kappa shape index (κ1) is 18.0. The van der Waals surface area contributed by atoms with Gasteiger partial charge in [-0.25, -0.2) is 4.79 Å². The molecule has 1 fully saturated rings. The molecule has 8 heteroatoms. The van der Waals surface area contributed by atoms with Crippen LogP contribution in [0.25, 0.3) is 0 Å². The Balaban J connectivity index is 1.68. The van der Waals surface area contributed by atoms with Crippen LogP contribution in [-0.2, 0) is 16.1 Å². The first-order valence-corrected chi connectivity index (χ1v) is 8.71. The second kappa shape index (κ2) is 9.07. The number of carbonyl (C=O) groups excluding carboxylic acids is 2. The molecule has 0 aliphatic carbocycles. The third kappa shape index (κ3) is 5.09. The average molecular weight is 350 g/mol. The van der Waals surface area contributed by atoms with Gasteiger partial charge in [0.2, 0.25) is 0 Å². The van der Waals surface area contributed by atoms with Crippen molar-refractivity contribution >= 4 is 29.6 Å². The Labute approximate surface area is 145 Å². The Hall–Kier alpha value is -2.35. The Morgan fingerprint density at radius 1 is 1.46 bits per heavy atom. The van der Waals surface area contributed by atoms with E-state index in [1.807, 2.05) is 16.8 Å². The van der Waals surface area contributed by atoms with Crippen molar-refractivity contribution in [3.8, 4) is 0 Å². The monoisotopic (exact) mass is 350 g/mol. The number of rotatable bonds is 6. The number of likely N-dealkylation sites (tertiary alicyclic amines) is 1. The maximum Gasteiger partial charge on any atom is 0.410 e. The molecule has 0 bridgehead atoms. The Morgan fingerprint density at radius 2 is 2.21 bits per heavy atom. The number of nitrogens with two attached hydrogens (primary N) is 1. The molecule has 1 aromatic heterocycles. The minimum atomic E-state index is -0.342. The summed E-state index contributed by atoms with van der Waals surface area (Å²) in [5.74, 6) is -0.0373. The normalized spacial score (nSPS) is 15.8. The molecular formula is C16H22N4O3S. The number of thiophene rings is 1. The molecule has 2 heterocycles. The highest BCUT2D eigenvalue weighted by atomic mass is 32.1. The number of piperidine rings is 1. The second-order valence-corrected chi connectivity index (χ2v) is 6.37. The molecule has 0 unspecified atom stereocenters. The van der Waals surface area contributed by atoms with Crippen molar-refractivity contribution in [2.75, 3.05) is 19.6 Å².